The molecule has 2 aliphatic carbocycles. The van der Waals surface area contributed by atoms with Crippen LogP contribution in [0.15, 0.2) is 179 Å². The third kappa shape index (κ3) is 4.62. The third-order valence-electron chi connectivity index (χ3n) is 13.1. The summed E-state index contributed by atoms with van der Waals surface area (Å²) in [6.07, 6.45) is 3.65. The Hall–Kier alpha value is -7.10. The van der Waals surface area contributed by atoms with Crippen LogP contribution in [0.4, 0.5) is 17.1 Å². The molecular weight excluding hydrogens is 707 g/mol. The molecular formula is C55H37NO2. The molecule has 3 aliphatic rings. The van der Waals surface area contributed by atoms with Gasteiger partial charge < -0.3 is 13.7 Å². The van der Waals surface area contributed by atoms with Crippen LogP contribution in [0.25, 0.3) is 66.5 Å². The lowest BCUT2D eigenvalue weighted by Crippen LogP contribution is -2.14. The van der Waals surface area contributed by atoms with Gasteiger partial charge in [0.1, 0.15) is 22.5 Å². The van der Waals surface area contributed by atoms with Gasteiger partial charge in [-0.1, -0.05) is 133 Å². The Morgan fingerprint density at radius 2 is 1.33 bits per heavy atom. The van der Waals surface area contributed by atoms with Gasteiger partial charge in [0.05, 0.1) is 11.4 Å². The number of benzene rings is 8. The molecule has 3 nitrogen and oxygen atoms in total. The molecule has 1 atom stereocenters. The molecule has 0 amide bonds. The molecule has 0 radical (unpaired) electrons. The Balaban J connectivity index is 1.14. The fourth-order valence-corrected chi connectivity index (χ4v) is 10.5. The summed E-state index contributed by atoms with van der Waals surface area (Å²) in [6.45, 7) is 0. The van der Waals surface area contributed by atoms with Crippen molar-refractivity contribution in [2.75, 3.05) is 4.90 Å². The summed E-state index contributed by atoms with van der Waals surface area (Å²) in [5, 5.41) is 3.44. The lowest BCUT2D eigenvalue weighted by atomic mass is 9.89. The highest BCUT2D eigenvalue weighted by Crippen LogP contribution is 2.57. The minimum absolute atomic E-state index is 0.281. The average molecular weight is 744 g/mol. The highest BCUT2D eigenvalue weighted by molar-refractivity contribution is 6.09. The van der Waals surface area contributed by atoms with Crippen molar-refractivity contribution in [3.63, 3.8) is 0 Å². The molecule has 3 heteroatoms. The van der Waals surface area contributed by atoms with E-state index in [0.717, 1.165) is 70.2 Å². The summed E-state index contributed by atoms with van der Waals surface area (Å²) in [5.74, 6) is 1.23. The number of rotatable bonds is 5. The van der Waals surface area contributed by atoms with Crippen LogP contribution in [0.1, 0.15) is 51.3 Å². The summed E-state index contributed by atoms with van der Waals surface area (Å²) in [4.78, 5) is 2.55. The minimum Gasteiger partial charge on any atom is -0.456 e. The number of anilines is 3. The van der Waals surface area contributed by atoms with Crippen LogP contribution in [0.2, 0.25) is 0 Å². The van der Waals surface area contributed by atoms with E-state index in [-0.39, 0.29) is 5.92 Å². The zero-order valence-electron chi connectivity index (χ0n) is 31.8. The van der Waals surface area contributed by atoms with Crippen molar-refractivity contribution < 1.29 is 8.83 Å². The minimum atomic E-state index is 0.281. The average Bonchev–Trinajstić information content (AvgIpc) is 4.03. The van der Waals surface area contributed by atoms with E-state index in [1.165, 1.54) is 78.0 Å². The Morgan fingerprint density at radius 3 is 2.24 bits per heavy atom. The zero-order chi connectivity index (χ0) is 37.9. The first-order chi connectivity index (χ1) is 28.7. The van der Waals surface area contributed by atoms with Gasteiger partial charge in [0.2, 0.25) is 0 Å². The van der Waals surface area contributed by atoms with Gasteiger partial charge in [-0.15, -0.1) is 0 Å². The van der Waals surface area contributed by atoms with Gasteiger partial charge in [0.25, 0.3) is 0 Å². The van der Waals surface area contributed by atoms with Crippen molar-refractivity contribution in [3.8, 4) is 33.6 Å². The molecule has 0 saturated heterocycles. The van der Waals surface area contributed by atoms with Gasteiger partial charge in [-0.05, 0) is 87.7 Å². The van der Waals surface area contributed by atoms with E-state index < -0.39 is 0 Å². The lowest BCUT2D eigenvalue weighted by Gasteiger charge is -2.30. The molecule has 13 rings (SSSR count). The van der Waals surface area contributed by atoms with Crippen molar-refractivity contribution in [3.05, 3.63) is 209 Å². The van der Waals surface area contributed by atoms with E-state index in [1.807, 2.05) is 0 Å². The molecule has 3 heterocycles. The number of aryl methyl sites for hydroxylation is 1. The Labute approximate surface area is 336 Å². The van der Waals surface area contributed by atoms with Crippen LogP contribution < -0.4 is 4.90 Å². The lowest BCUT2D eigenvalue weighted by molar-refractivity contribution is 0.629. The maximum absolute atomic E-state index is 7.20. The Morgan fingerprint density at radius 1 is 0.517 bits per heavy atom. The van der Waals surface area contributed by atoms with Crippen molar-refractivity contribution in [1.82, 2.24) is 0 Å². The molecule has 4 bridgehead atoms. The Kier molecular flexibility index (Phi) is 6.74. The predicted octanol–water partition coefficient (Wildman–Crippen LogP) is 14.7. The van der Waals surface area contributed by atoms with E-state index in [2.05, 4.69) is 175 Å². The molecule has 8 aromatic carbocycles. The monoisotopic (exact) mass is 743 g/mol. The van der Waals surface area contributed by atoms with Crippen LogP contribution in [-0.4, -0.2) is 0 Å². The SMILES string of the molecule is c1ccc(CCC2c3ccc4cc3-c3c2cccc3N(c2ccc3c(c2)oc2ccccc23)c2cc3c(c(-c5ccccc5)oc3c3c2Cc2ccccc2-3)C4)cc1. The van der Waals surface area contributed by atoms with E-state index >= 15 is 0 Å². The van der Waals surface area contributed by atoms with Crippen molar-refractivity contribution >= 4 is 50.0 Å². The normalized spacial score (nSPS) is 14.7. The largest absolute Gasteiger partial charge is 0.456 e. The standard InChI is InChI=1S/C55H37NO2/c1-3-12-33(13-4-1)22-25-39-40-26-23-34-28-44(40)52-43(39)19-11-20-48(52)56(37-24-27-42-41-18-9-10-21-50(41)57-51(42)31-37)49-32-46-45(29-34)54(35-14-5-2-6-15-35)58-55(46)53-38-17-8-7-16-36(38)30-47(49)53/h1-21,23-24,26-28,31-32,39H,22,25,29-30H2. The van der Waals surface area contributed by atoms with E-state index in [1.54, 1.807) is 0 Å². The number of furan rings is 2. The predicted molar refractivity (Wildman–Crippen MR) is 237 cm³/mol. The van der Waals surface area contributed by atoms with Gasteiger partial charge in [-0.25, -0.2) is 0 Å². The quantitative estimate of drug-likeness (QED) is 0.176. The Bertz CT molecular complexity index is 3300. The third-order valence-corrected chi connectivity index (χ3v) is 13.1. The summed E-state index contributed by atoms with van der Waals surface area (Å²) in [6, 6.07) is 62.5. The number of nitrogens with zero attached hydrogens (tertiary/aromatic N) is 1. The van der Waals surface area contributed by atoms with Gasteiger partial charge in [-0.3, -0.25) is 0 Å². The highest BCUT2D eigenvalue weighted by Gasteiger charge is 2.37. The van der Waals surface area contributed by atoms with Crippen molar-refractivity contribution in [1.29, 1.82) is 0 Å². The molecule has 274 valence electrons. The van der Waals surface area contributed by atoms with Crippen LogP contribution in [-0.2, 0) is 19.3 Å². The molecule has 0 spiro atoms. The van der Waals surface area contributed by atoms with Crippen molar-refractivity contribution in [2.45, 2.75) is 31.6 Å². The maximum atomic E-state index is 7.20. The van der Waals surface area contributed by atoms with E-state index in [9.17, 15) is 0 Å². The van der Waals surface area contributed by atoms with E-state index in [0.29, 0.717) is 0 Å². The van der Waals surface area contributed by atoms with Crippen LogP contribution in [0.3, 0.4) is 0 Å². The van der Waals surface area contributed by atoms with Gasteiger partial charge in [0.15, 0.2) is 0 Å². The number of fused-ring (bicyclic) bond motifs is 10. The second kappa shape index (κ2) is 12.2. The molecule has 58 heavy (non-hydrogen) atoms. The number of hydrogen-bond acceptors (Lipinski definition) is 3. The van der Waals surface area contributed by atoms with Crippen molar-refractivity contribution in [2.24, 2.45) is 0 Å². The fourth-order valence-electron chi connectivity index (χ4n) is 10.5. The number of para-hydroxylation sites is 1. The summed E-state index contributed by atoms with van der Waals surface area (Å²) in [5.41, 5.74) is 21.8. The molecule has 0 saturated carbocycles. The first-order valence-corrected chi connectivity index (χ1v) is 20.5. The van der Waals surface area contributed by atoms with Gasteiger partial charge >= 0.3 is 0 Å². The first kappa shape index (κ1) is 32.0. The molecule has 1 aliphatic heterocycles. The van der Waals surface area contributed by atoms with Gasteiger partial charge in [-0.2, -0.15) is 0 Å². The van der Waals surface area contributed by atoms with Crippen LogP contribution in [0.5, 0.6) is 0 Å². The molecule has 1 unspecified atom stereocenters. The highest BCUT2D eigenvalue weighted by atomic mass is 16.3. The number of hydrogen-bond donors (Lipinski definition) is 0. The molecule has 10 aromatic rings. The first-order valence-electron chi connectivity index (χ1n) is 20.5. The fraction of sp³-hybridized carbons (Fsp3) is 0.0909. The van der Waals surface area contributed by atoms with Crippen LogP contribution in [0, 0.1) is 0 Å². The van der Waals surface area contributed by atoms with Gasteiger partial charge in [0, 0.05) is 68.9 Å². The second-order valence-electron chi connectivity index (χ2n) is 16.3. The molecule has 0 N–H and O–H groups in total. The van der Waals surface area contributed by atoms with E-state index in [4.69, 9.17) is 8.83 Å². The summed E-state index contributed by atoms with van der Waals surface area (Å²) >= 11 is 0. The van der Waals surface area contributed by atoms with Crippen LogP contribution >= 0.6 is 0 Å². The smallest absolute Gasteiger partial charge is 0.143 e. The summed E-state index contributed by atoms with van der Waals surface area (Å²) < 4.78 is 13.8. The molecule has 2 aromatic heterocycles. The topological polar surface area (TPSA) is 29.5 Å². The zero-order valence-corrected chi connectivity index (χ0v) is 31.8. The second-order valence-corrected chi connectivity index (χ2v) is 16.3. The summed E-state index contributed by atoms with van der Waals surface area (Å²) in [7, 11) is 0. The molecule has 0 fully saturated rings. The maximum Gasteiger partial charge on any atom is 0.143 e.